The third-order valence-corrected chi connectivity index (χ3v) is 2.59. The fraction of sp³-hybridized carbons (Fsp3) is 0.300. The Kier molecular flexibility index (Phi) is 3.19. The number of furan rings is 1. The van der Waals surface area contributed by atoms with E-state index in [-0.39, 0.29) is 12.2 Å². The predicted octanol–water partition coefficient (Wildman–Crippen LogP) is 2.08. The minimum Gasteiger partial charge on any atom is -0.446 e. The summed E-state index contributed by atoms with van der Waals surface area (Å²) in [7, 11) is 0. The molecule has 0 aliphatic heterocycles. The van der Waals surface area contributed by atoms with Gasteiger partial charge in [-0.3, -0.25) is 4.79 Å². The average Bonchev–Trinajstić information content (AvgIpc) is 2.86. The molecule has 84 valence electrons. The van der Waals surface area contributed by atoms with Crippen molar-refractivity contribution in [3.8, 4) is 0 Å². The zero-order valence-electron chi connectivity index (χ0n) is 8.68. The molecule has 0 aromatic carbocycles. The number of ketones is 1. The van der Waals surface area contributed by atoms with E-state index in [2.05, 4.69) is 26.0 Å². The van der Waals surface area contributed by atoms with Crippen molar-refractivity contribution in [1.29, 1.82) is 0 Å². The van der Waals surface area contributed by atoms with Gasteiger partial charge in [-0.2, -0.15) is 5.10 Å². The molecule has 2 rings (SSSR count). The normalized spacial score (nSPS) is 10.6. The monoisotopic (exact) mass is 283 g/mol. The lowest BCUT2D eigenvalue weighted by Crippen LogP contribution is -2.10. The molecule has 0 fully saturated rings. The molecule has 0 spiro atoms. The van der Waals surface area contributed by atoms with Crippen molar-refractivity contribution >= 4 is 21.7 Å². The molecule has 2 heterocycles. The molecule has 0 unspecified atom stereocenters. The van der Waals surface area contributed by atoms with Crippen LogP contribution in [0.15, 0.2) is 27.5 Å². The Morgan fingerprint density at radius 1 is 1.56 bits per heavy atom. The van der Waals surface area contributed by atoms with Gasteiger partial charge < -0.3 is 4.42 Å². The smallest absolute Gasteiger partial charge is 0.205 e. The Balaban J connectivity index is 2.13. The van der Waals surface area contributed by atoms with Gasteiger partial charge in [0.15, 0.2) is 10.4 Å². The maximum Gasteiger partial charge on any atom is 0.205 e. The van der Waals surface area contributed by atoms with Crippen LogP contribution in [0.4, 0.5) is 0 Å². The molecule has 0 saturated heterocycles. The van der Waals surface area contributed by atoms with Crippen LogP contribution in [0.2, 0.25) is 0 Å². The van der Waals surface area contributed by atoms with Crippen molar-refractivity contribution in [2.45, 2.75) is 19.9 Å². The highest BCUT2D eigenvalue weighted by atomic mass is 79.9. The first kappa shape index (κ1) is 11.1. The lowest BCUT2D eigenvalue weighted by molar-refractivity contribution is 0.0961. The van der Waals surface area contributed by atoms with Gasteiger partial charge in [0.05, 0.1) is 6.42 Å². The first-order valence-electron chi connectivity index (χ1n) is 4.86. The molecule has 0 atom stereocenters. The van der Waals surface area contributed by atoms with Gasteiger partial charge in [0, 0.05) is 6.54 Å². The van der Waals surface area contributed by atoms with Crippen molar-refractivity contribution in [3.05, 3.63) is 34.7 Å². The van der Waals surface area contributed by atoms with Gasteiger partial charge in [-0.05, 0) is 35.0 Å². The van der Waals surface area contributed by atoms with E-state index in [1.54, 1.807) is 16.8 Å². The van der Waals surface area contributed by atoms with Gasteiger partial charge in [0.2, 0.25) is 5.78 Å². The number of hydrogen-bond donors (Lipinski definition) is 0. The van der Waals surface area contributed by atoms with E-state index < -0.39 is 0 Å². The van der Waals surface area contributed by atoms with E-state index in [1.807, 2.05) is 6.92 Å². The third kappa shape index (κ3) is 2.21. The number of Topliss-reactive ketones (excluding diaryl/α,β-unsaturated/α-hetero) is 1. The highest BCUT2D eigenvalue weighted by Gasteiger charge is 2.14. The van der Waals surface area contributed by atoms with E-state index in [0.717, 1.165) is 0 Å². The van der Waals surface area contributed by atoms with Crippen molar-refractivity contribution in [1.82, 2.24) is 14.8 Å². The second-order valence-electron chi connectivity index (χ2n) is 3.20. The quantitative estimate of drug-likeness (QED) is 0.806. The zero-order chi connectivity index (χ0) is 11.5. The topological polar surface area (TPSA) is 60.9 Å². The Morgan fingerprint density at radius 3 is 3.00 bits per heavy atom. The van der Waals surface area contributed by atoms with Crippen LogP contribution in [0, 0.1) is 0 Å². The van der Waals surface area contributed by atoms with E-state index >= 15 is 0 Å². The van der Waals surface area contributed by atoms with Gasteiger partial charge in [0.1, 0.15) is 12.2 Å². The maximum atomic E-state index is 11.8. The molecule has 0 saturated carbocycles. The third-order valence-electron chi connectivity index (χ3n) is 2.16. The summed E-state index contributed by atoms with van der Waals surface area (Å²) in [4.78, 5) is 15.8. The van der Waals surface area contributed by atoms with Gasteiger partial charge in [-0.25, -0.2) is 9.67 Å². The van der Waals surface area contributed by atoms with E-state index in [9.17, 15) is 4.79 Å². The number of halogens is 1. The van der Waals surface area contributed by atoms with Gasteiger partial charge >= 0.3 is 0 Å². The number of nitrogens with zero attached hydrogens (tertiary/aromatic N) is 3. The summed E-state index contributed by atoms with van der Waals surface area (Å²) in [5.41, 5.74) is 0. The number of aryl methyl sites for hydroxylation is 1. The largest absolute Gasteiger partial charge is 0.446 e. The molecule has 0 radical (unpaired) electrons. The molecule has 0 amide bonds. The van der Waals surface area contributed by atoms with Crippen LogP contribution in [0.1, 0.15) is 23.3 Å². The fourth-order valence-electron chi connectivity index (χ4n) is 1.38. The van der Waals surface area contributed by atoms with Gasteiger partial charge in [-0.1, -0.05) is 0 Å². The lowest BCUT2D eigenvalue weighted by atomic mass is 10.2. The van der Waals surface area contributed by atoms with Crippen LogP contribution in [0.5, 0.6) is 0 Å². The van der Waals surface area contributed by atoms with Crippen molar-refractivity contribution in [2.75, 3.05) is 0 Å². The summed E-state index contributed by atoms with van der Waals surface area (Å²) >= 11 is 3.15. The number of carbonyl (C=O) groups is 1. The Hall–Kier alpha value is -1.43. The number of rotatable bonds is 4. The van der Waals surface area contributed by atoms with Crippen LogP contribution in [0.3, 0.4) is 0 Å². The molecule has 0 bridgehead atoms. The second kappa shape index (κ2) is 4.61. The highest BCUT2D eigenvalue weighted by Crippen LogP contribution is 2.15. The SMILES string of the molecule is CCn1ncnc1CC(=O)c1ccc(Br)o1. The van der Waals surface area contributed by atoms with E-state index in [0.29, 0.717) is 22.8 Å². The van der Waals surface area contributed by atoms with E-state index in [4.69, 9.17) is 4.42 Å². The molecule has 0 aliphatic carbocycles. The maximum absolute atomic E-state index is 11.8. The highest BCUT2D eigenvalue weighted by molar-refractivity contribution is 9.10. The van der Waals surface area contributed by atoms with E-state index in [1.165, 1.54) is 6.33 Å². The molecule has 2 aromatic heterocycles. The molecular formula is C10H10BrN3O2. The summed E-state index contributed by atoms with van der Waals surface area (Å²) in [6, 6.07) is 3.33. The van der Waals surface area contributed by atoms with Crippen LogP contribution < -0.4 is 0 Å². The molecule has 6 heteroatoms. The predicted molar refractivity (Wildman–Crippen MR) is 60.1 cm³/mol. The van der Waals surface area contributed by atoms with Crippen molar-refractivity contribution < 1.29 is 9.21 Å². The summed E-state index contributed by atoms with van der Waals surface area (Å²) in [5, 5.41) is 4.00. The summed E-state index contributed by atoms with van der Waals surface area (Å²) in [5.74, 6) is 0.881. The Bertz CT molecular complexity index is 504. The van der Waals surface area contributed by atoms with Gasteiger partial charge in [0.25, 0.3) is 0 Å². The molecule has 5 nitrogen and oxygen atoms in total. The van der Waals surface area contributed by atoms with Crippen molar-refractivity contribution in [2.24, 2.45) is 0 Å². The lowest BCUT2D eigenvalue weighted by Gasteiger charge is -2.00. The van der Waals surface area contributed by atoms with Crippen molar-refractivity contribution in [3.63, 3.8) is 0 Å². The Morgan fingerprint density at radius 2 is 2.38 bits per heavy atom. The fourth-order valence-corrected chi connectivity index (χ4v) is 1.69. The first-order chi connectivity index (χ1) is 7.70. The first-order valence-corrected chi connectivity index (χ1v) is 5.65. The number of carbonyl (C=O) groups excluding carboxylic acids is 1. The van der Waals surface area contributed by atoms with Crippen LogP contribution in [-0.4, -0.2) is 20.5 Å². The van der Waals surface area contributed by atoms with Crippen LogP contribution >= 0.6 is 15.9 Å². The Labute approximate surface area is 101 Å². The molecule has 0 aliphatic rings. The molecular weight excluding hydrogens is 274 g/mol. The molecule has 0 N–H and O–H groups in total. The molecule has 2 aromatic rings. The number of hydrogen-bond acceptors (Lipinski definition) is 4. The summed E-state index contributed by atoms with van der Waals surface area (Å²) < 4.78 is 7.42. The second-order valence-corrected chi connectivity index (χ2v) is 3.98. The average molecular weight is 284 g/mol. The minimum absolute atomic E-state index is 0.103. The summed E-state index contributed by atoms with van der Waals surface area (Å²) in [6.45, 7) is 2.65. The number of aromatic nitrogens is 3. The zero-order valence-corrected chi connectivity index (χ0v) is 10.3. The molecule has 16 heavy (non-hydrogen) atoms. The summed E-state index contributed by atoms with van der Waals surface area (Å²) in [6.07, 6.45) is 1.65. The minimum atomic E-state index is -0.103. The van der Waals surface area contributed by atoms with Crippen LogP contribution in [-0.2, 0) is 13.0 Å². The van der Waals surface area contributed by atoms with Crippen LogP contribution in [0.25, 0.3) is 0 Å². The standard InChI is InChI=1S/C10H10BrN3O2/c1-2-14-10(12-6-13-14)5-7(15)8-3-4-9(11)16-8/h3-4,6H,2,5H2,1H3. The van der Waals surface area contributed by atoms with Gasteiger partial charge in [-0.15, -0.1) is 0 Å².